The molecule has 1 aromatic carbocycles. The maximum absolute atomic E-state index is 10.2. The molecule has 25 heavy (non-hydrogen) atoms. The lowest BCUT2D eigenvalue weighted by Crippen LogP contribution is -2.43. The van der Waals surface area contributed by atoms with E-state index in [9.17, 15) is 19.8 Å². The summed E-state index contributed by atoms with van der Waals surface area (Å²) in [6.45, 7) is 0.425. The first-order valence-corrected chi connectivity index (χ1v) is 7.41. The van der Waals surface area contributed by atoms with E-state index in [2.05, 4.69) is 0 Å². The average Bonchev–Trinajstić information content (AvgIpc) is 2.44. The number of phenols is 1. The third kappa shape index (κ3) is 11.6. The zero-order valence-corrected chi connectivity index (χ0v) is 14.8. The smallest absolute Gasteiger partial charge is 0.328 e. The Morgan fingerprint density at radius 2 is 1.92 bits per heavy atom. The maximum Gasteiger partial charge on any atom is 0.328 e. The number of rotatable bonds is 7. The van der Waals surface area contributed by atoms with Crippen molar-refractivity contribution in [2.45, 2.75) is 12.5 Å². The number of carboxylic acid groups (broad SMARTS) is 2. The van der Waals surface area contributed by atoms with Crippen LogP contribution in [0.5, 0.6) is 11.5 Å². The number of quaternary nitrogens is 1. The van der Waals surface area contributed by atoms with Crippen LogP contribution in [0.1, 0.15) is 12.0 Å². The van der Waals surface area contributed by atoms with Gasteiger partial charge in [0.2, 0.25) is 0 Å². The molecule has 0 fully saturated rings. The van der Waals surface area contributed by atoms with Crippen molar-refractivity contribution in [3.63, 3.8) is 0 Å². The molecule has 1 rings (SSSR count). The summed E-state index contributed by atoms with van der Waals surface area (Å²) >= 11 is 0. The number of hydrogen-bond acceptors (Lipinski definition) is 6. The van der Waals surface area contributed by atoms with Crippen molar-refractivity contribution in [3.05, 3.63) is 29.8 Å². The number of aliphatic hydroxyl groups is 1. The number of likely N-dealkylation sites (N-methyl/N-ethyl adjacent to an activating group) is 1. The van der Waals surface area contributed by atoms with Gasteiger partial charge in [-0.2, -0.15) is 0 Å². The van der Waals surface area contributed by atoms with Crippen molar-refractivity contribution in [2.24, 2.45) is 0 Å². The fraction of sp³-hybridized carbons (Fsp3) is 0.412. The molecule has 0 radical (unpaired) electrons. The number of hydrogen-bond donors (Lipinski definition) is 3. The second kappa shape index (κ2) is 10.3. The van der Waals surface area contributed by atoms with E-state index in [4.69, 9.17) is 14.9 Å². The molecule has 0 aliphatic rings. The predicted molar refractivity (Wildman–Crippen MR) is 89.9 cm³/mol. The summed E-state index contributed by atoms with van der Waals surface area (Å²) in [5, 5.41) is 36.8. The van der Waals surface area contributed by atoms with E-state index in [0.717, 1.165) is 6.08 Å². The fourth-order valence-electron chi connectivity index (χ4n) is 1.85. The van der Waals surface area contributed by atoms with E-state index in [1.807, 2.05) is 21.1 Å². The van der Waals surface area contributed by atoms with Crippen molar-refractivity contribution in [3.8, 4) is 11.5 Å². The number of carbonyl (C=O) groups is 2. The van der Waals surface area contributed by atoms with E-state index < -0.39 is 18.0 Å². The number of aliphatic carboxylic acids is 2. The van der Waals surface area contributed by atoms with Gasteiger partial charge < -0.3 is 34.4 Å². The van der Waals surface area contributed by atoms with E-state index in [-0.39, 0.29) is 12.2 Å². The van der Waals surface area contributed by atoms with Crippen LogP contribution in [0.2, 0.25) is 0 Å². The highest BCUT2D eigenvalue weighted by Gasteiger charge is 2.14. The molecule has 3 N–H and O–H groups in total. The van der Waals surface area contributed by atoms with Gasteiger partial charge in [0.15, 0.2) is 11.5 Å². The molecule has 8 nitrogen and oxygen atoms in total. The van der Waals surface area contributed by atoms with E-state index in [1.54, 1.807) is 12.1 Å². The number of aliphatic hydroxyl groups excluding tert-OH is 1. The molecule has 1 atom stereocenters. The minimum absolute atomic E-state index is 0.0278. The van der Waals surface area contributed by atoms with Crippen LogP contribution in [-0.4, -0.2) is 72.6 Å². The molecule has 0 aliphatic heterocycles. The second-order valence-corrected chi connectivity index (χ2v) is 6.31. The molecule has 0 heterocycles. The standard InChI is InChI=1S/C10H10O4.C7H15NO3/c1-14-9-6-7(2-4-8(9)11)3-5-10(12)13;1-8(2,3)5-6(9)4-7(10)11/h2-6,11H,1H3,(H,12,13);6,9H,4-5H2,1-3H3/b5-3+;/t;6-/m.1/s1. The monoisotopic (exact) mass is 355 g/mol. The molecule has 0 bridgehead atoms. The first-order valence-electron chi connectivity index (χ1n) is 7.41. The molecule has 0 unspecified atom stereocenters. The molecule has 0 amide bonds. The number of methoxy groups -OCH3 is 1. The minimum atomic E-state index is -1.20. The Hall–Kier alpha value is -2.58. The number of carbonyl (C=O) groups excluding carboxylic acids is 1. The minimum Gasteiger partial charge on any atom is -0.550 e. The van der Waals surface area contributed by atoms with Gasteiger partial charge in [-0.05, 0) is 23.8 Å². The zero-order chi connectivity index (χ0) is 19.6. The third-order valence-corrected chi connectivity index (χ3v) is 2.78. The zero-order valence-electron chi connectivity index (χ0n) is 14.8. The predicted octanol–water partition coefficient (Wildman–Crippen LogP) is -0.308. The number of ether oxygens (including phenoxy) is 1. The van der Waals surface area contributed by atoms with E-state index >= 15 is 0 Å². The highest BCUT2D eigenvalue weighted by molar-refractivity contribution is 5.85. The number of carboxylic acids is 2. The molecular weight excluding hydrogens is 330 g/mol. The number of aromatic hydroxyl groups is 1. The largest absolute Gasteiger partial charge is 0.550 e. The summed E-state index contributed by atoms with van der Waals surface area (Å²) in [4.78, 5) is 20.2. The van der Waals surface area contributed by atoms with Crippen molar-refractivity contribution in [1.82, 2.24) is 0 Å². The first kappa shape index (κ1) is 22.4. The molecular formula is C17H25NO7. The van der Waals surface area contributed by atoms with Gasteiger partial charge in [0.25, 0.3) is 0 Å². The van der Waals surface area contributed by atoms with Crippen molar-refractivity contribution in [2.75, 3.05) is 34.8 Å². The Labute approximate surface area is 146 Å². The van der Waals surface area contributed by atoms with Crippen LogP contribution in [-0.2, 0) is 9.59 Å². The molecule has 0 aromatic heterocycles. The summed E-state index contributed by atoms with van der Waals surface area (Å²) in [7, 11) is 7.09. The van der Waals surface area contributed by atoms with Gasteiger partial charge >= 0.3 is 5.97 Å². The van der Waals surface area contributed by atoms with Crippen LogP contribution in [0.3, 0.4) is 0 Å². The van der Waals surface area contributed by atoms with Crippen LogP contribution in [0.25, 0.3) is 6.08 Å². The summed E-state index contributed by atoms with van der Waals surface area (Å²) in [6.07, 6.45) is 1.35. The van der Waals surface area contributed by atoms with Gasteiger partial charge in [0.1, 0.15) is 12.6 Å². The molecule has 0 saturated heterocycles. The summed E-state index contributed by atoms with van der Waals surface area (Å²) in [6, 6.07) is 4.59. The van der Waals surface area contributed by atoms with Gasteiger partial charge in [0.05, 0.1) is 28.3 Å². The van der Waals surface area contributed by atoms with Crippen LogP contribution in [0.4, 0.5) is 0 Å². The van der Waals surface area contributed by atoms with Crippen LogP contribution < -0.4 is 9.84 Å². The summed E-state index contributed by atoms with van der Waals surface area (Å²) in [5.41, 5.74) is 0.655. The lowest BCUT2D eigenvalue weighted by atomic mass is 10.2. The topological polar surface area (TPSA) is 127 Å². The Morgan fingerprint density at radius 1 is 1.32 bits per heavy atom. The van der Waals surface area contributed by atoms with Crippen molar-refractivity contribution in [1.29, 1.82) is 0 Å². The summed E-state index contributed by atoms with van der Waals surface area (Å²) in [5.74, 6) is -1.87. The molecule has 0 saturated carbocycles. The normalized spacial score (nSPS) is 12.2. The van der Waals surface area contributed by atoms with Gasteiger partial charge in [-0.1, -0.05) is 6.07 Å². The Balaban J connectivity index is 0.000000477. The van der Waals surface area contributed by atoms with E-state index in [1.165, 1.54) is 19.3 Å². The van der Waals surface area contributed by atoms with Gasteiger partial charge in [0, 0.05) is 18.5 Å². The average molecular weight is 355 g/mol. The first-order chi connectivity index (χ1) is 11.4. The molecule has 0 aliphatic carbocycles. The molecule has 8 heteroatoms. The SMILES string of the molecule is COc1cc(/C=C/C(=O)O)ccc1O.C[N+](C)(C)C[C@H](O)CC(=O)[O-]. The maximum atomic E-state index is 10.2. The quantitative estimate of drug-likeness (QED) is 0.452. The summed E-state index contributed by atoms with van der Waals surface area (Å²) < 4.78 is 5.41. The van der Waals surface area contributed by atoms with Crippen molar-refractivity contribution < 1.29 is 39.2 Å². The number of benzene rings is 1. The Bertz CT molecular complexity index is 606. The van der Waals surface area contributed by atoms with Crippen LogP contribution >= 0.6 is 0 Å². The number of phenolic OH excluding ortho intramolecular Hbond substituents is 1. The third-order valence-electron chi connectivity index (χ3n) is 2.78. The van der Waals surface area contributed by atoms with Crippen LogP contribution in [0.15, 0.2) is 24.3 Å². The van der Waals surface area contributed by atoms with Gasteiger partial charge in [-0.25, -0.2) is 4.79 Å². The highest BCUT2D eigenvalue weighted by Crippen LogP contribution is 2.26. The van der Waals surface area contributed by atoms with Gasteiger partial charge in [-0.15, -0.1) is 0 Å². The fourth-order valence-corrected chi connectivity index (χ4v) is 1.85. The van der Waals surface area contributed by atoms with Crippen molar-refractivity contribution >= 4 is 18.0 Å². The molecule has 0 spiro atoms. The highest BCUT2D eigenvalue weighted by atomic mass is 16.5. The lowest BCUT2D eigenvalue weighted by Gasteiger charge is -2.26. The molecule has 1 aromatic rings. The Kier molecular flexibility index (Phi) is 9.25. The van der Waals surface area contributed by atoms with E-state index in [0.29, 0.717) is 22.3 Å². The van der Waals surface area contributed by atoms with Crippen LogP contribution in [0, 0.1) is 0 Å². The lowest BCUT2D eigenvalue weighted by molar-refractivity contribution is -0.873. The Morgan fingerprint density at radius 3 is 2.36 bits per heavy atom. The molecule has 140 valence electrons. The van der Waals surface area contributed by atoms with Gasteiger partial charge in [-0.3, -0.25) is 0 Å². The number of nitrogens with zero attached hydrogens (tertiary/aromatic N) is 1. The second-order valence-electron chi connectivity index (χ2n) is 6.31.